The Balaban J connectivity index is 2.41. The fraction of sp³-hybridized carbons (Fsp3) is 0. The quantitative estimate of drug-likeness (QED) is 0.891. The highest BCUT2D eigenvalue weighted by Gasteiger charge is 2.10. The van der Waals surface area contributed by atoms with Gasteiger partial charge in [0.25, 0.3) is 5.56 Å². The first kappa shape index (κ1) is 12.3. The summed E-state index contributed by atoms with van der Waals surface area (Å²) in [6.45, 7) is 0. The predicted molar refractivity (Wildman–Crippen MR) is 66.7 cm³/mol. The molecule has 0 amide bonds. The van der Waals surface area contributed by atoms with E-state index in [4.69, 9.17) is 4.74 Å². The predicted octanol–water partition coefficient (Wildman–Crippen LogP) is 3.23. The maximum absolute atomic E-state index is 13.0. The molecule has 2 aromatic rings. The fourth-order valence-electron chi connectivity index (χ4n) is 1.10. The summed E-state index contributed by atoms with van der Waals surface area (Å²) >= 11 is 6.25. The molecule has 1 heterocycles. The number of H-pyrrole nitrogens is 1. The molecule has 0 aliphatic rings. The van der Waals surface area contributed by atoms with Crippen molar-refractivity contribution in [3.05, 3.63) is 49.6 Å². The Bertz CT molecular complexity index is 615. The van der Waals surface area contributed by atoms with Gasteiger partial charge in [0, 0.05) is 6.07 Å². The Hall–Kier alpha value is -1.21. The summed E-state index contributed by atoms with van der Waals surface area (Å²) in [5.74, 6) is -0.131. The molecule has 0 unspecified atom stereocenters. The highest BCUT2D eigenvalue weighted by Crippen LogP contribution is 2.31. The standard InChI is InChI=1S/C10H5Br2FN2O2/c11-6-2-1-5(13)3-7(6)17-10-8(12)9(16)14-4-15-10/h1-4H,(H,14,15,16). The van der Waals surface area contributed by atoms with Crippen molar-refractivity contribution in [3.63, 3.8) is 0 Å². The van der Waals surface area contributed by atoms with Gasteiger partial charge in [0.1, 0.15) is 16.0 Å². The van der Waals surface area contributed by atoms with Gasteiger partial charge < -0.3 is 9.72 Å². The van der Waals surface area contributed by atoms with Crippen molar-refractivity contribution in [1.82, 2.24) is 9.97 Å². The lowest BCUT2D eigenvalue weighted by Gasteiger charge is -2.07. The van der Waals surface area contributed by atoms with Gasteiger partial charge in [-0.2, -0.15) is 0 Å². The molecule has 0 bridgehead atoms. The van der Waals surface area contributed by atoms with Gasteiger partial charge >= 0.3 is 0 Å². The van der Waals surface area contributed by atoms with Crippen LogP contribution in [0.4, 0.5) is 4.39 Å². The Morgan fingerprint density at radius 3 is 2.88 bits per heavy atom. The maximum atomic E-state index is 13.0. The Morgan fingerprint density at radius 1 is 1.35 bits per heavy atom. The van der Waals surface area contributed by atoms with Gasteiger partial charge in [-0.1, -0.05) is 0 Å². The van der Waals surface area contributed by atoms with E-state index in [9.17, 15) is 9.18 Å². The molecule has 0 atom stereocenters. The van der Waals surface area contributed by atoms with E-state index >= 15 is 0 Å². The molecule has 1 aromatic heterocycles. The van der Waals surface area contributed by atoms with Gasteiger partial charge in [-0.3, -0.25) is 4.79 Å². The summed E-state index contributed by atoms with van der Waals surface area (Å²) in [6, 6.07) is 3.99. The van der Waals surface area contributed by atoms with Crippen LogP contribution in [0.5, 0.6) is 11.6 Å². The molecule has 1 aromatic carbocycles. The molecule has 0 saturated carbocycles. The molecule has 0 saturated heterocycles. The number of aromatic nitrogens is 2. The molecule has 17 heavy (non-hydrogen) atoms. The largest absolute Gasteiger partial charge is 0.436 e. The van der Waals surface area contributed by atoms with Crippen LogP contribution in [-0.2, 0) is 0 Å². The normalized spacial score (nSPS) is 10.3. The minimum Gasteiger partial charge on any atom is -0.436 e. The van der Waals surface area contributed by atoms with Gasteiger partial charge in [-0.25, -0.2) is 9.37 Å². The second kappa shape index (κ2) is 4.97. The zero-order valence-electron chi connectivity index (χ0n) is 8.21. The van der Waals surface area contributed by atoms with Gasteiger partial charge in [0.2, 0.25) is 5.88 Å². The van der Waals surface area contributed by atoms with E-state index in [2.05, 4.69) is 41.8 Å². The van der Waals surface area contributed by atoms with Crippen LogP contribution in [0.2, 0.25) is 0 Å². The minimum absolute atomic E-state index is 0.0695. The van der Waals surface area contributed by atoms with Crippen LogP contribution in [0.1, 0.15) is 0 Å². The number of rotatable bonds is 2. The van der Waals surface area contributed by atoms with Gasteiger partial charge in [-0.05, 0) is 44.0 Å². The second-order valence-electron chi connectivity index (χ2n) is 3.03. The lowest BCUT2D eigenvalue weighted by atomic mass is 10.3. The number of ether oxygens (including phenoxy) is 1. The summed E-state index contributed by atoms with van der Waals surface area (Å²) in [5, 5.41) is 0. The molecule has 0 aliphatic heterocycles. The van der Waals surface area contributed by atoms with E-state index in [1.54, 1.807) is 0 Å². The van der Waals surface area contributed by atoms with E-state index in [0.717, 1.165) is 0 Å². The average molecular weight is 364 g/mol. The lowest BCUT2D eigenvalue weighted by Crippen LogP contribution is -2.08. The van der Waals surface area contributed by atoms with Crippen molar-refractivity contribution in [1.29, 1.82) is 0 Å². The third-order valence-corrected chi connectivity index (χ3v) is 3.22. The average Bonchev–Trinajstić information content (AvgIpc) is 2.30. The SMILES string of the molecule is O=c1[nH]cnc(Oc2cc(F)ccc2Br)c1Br. The second-order valence-corrected chi connectivity index (χ2v) is 4.67. The summed E-state index contributed by atoms with van der Waals surface area (Å²) < 4.78 is 19.1. The molecule has 4 nitrogen and oxygen atoms in total. The van der Waals surface area contributed by atoms with Crippen molar-refractivity contribution < 1.29 is 9.13 Å². The Morgan fingerprint density at radius 2 is 2.12 bits per heavy atom. The molecule has 0 aliphatic carbocycles. The van der Waals surface area contributed by atoms with Crippen molar-refractivity contribution >= 4 is 31.9 Å². The zero-order valence-corrected chi connectivity index (χ0v) is 11.4. The molecule has 1 N–H and O–H groups in total. The number of benzene rings is 1. The third kappa shape index (κ3) is 2.73. The van der Waals surface area contributed by atoms with Crippen LogP contribution in [0, 0.1) is 5.82 Å². The van der Waals surface area contributed by atoms with E-state index in [1.807, 2.05) is 0 Å². The van der Waals surface area contributed by atoms with Crippen LogP contribution in [0.15, 0.2) is 38.3 Å². The van der Waals surface area contributed by atoms with Crippen molar-refractivity contribution in [2.45, 2.75) is 0 Å². The van der Waals surface area contributed by atoms with Crippen LogP contribution in [0.25, 0.3) is 0 Å². The van der Waals surface area contributed by atoms with Crippen molar-refractivity contribution in [2.24, 2.45) is 0 Å². The van der Waals surface area contributed by atoms with E-state index < -0.39 is 5.82 Å². The molecular weight excluding hydrogens is 359 g/mol. The number of nitrogens with zero attached hydrogens (tertiary/aromatic N) is 1. The molecule has 2 rings (SSSR count). The van der Waals surface area contributed by atoms with Crippen LogP contribution in [0.3, 0.4) is 0 Å². The smallest absolute Gasteiger partial charge is 0.268 e. The highest BCUT2D eigenvalue weighted by molar-refractivity contribution is 9.11. The van der Waals surface area contributed by atoms with Crippen molar-refractivity contribution in [2.75, 3.05) is 0 Å². The molecule has 0 spiro atoms. The maximum Gasteiger partial charge on any atom is 0.268 e. The first-order chi connectivity index (χ1) is 8.08. The van der Waals surface area contributed by atoms with Gasteiger partial charge in [0.05, 0.1) is 10.8 Å². The van der Waals surface area contributed by atoms with Crippen molar-refractivity contribution in [3.8, 4) is 11.6 Å². The minimum atomic E-state index is -0.441. The number of hydrogen-bond acceptors (Lipinski definition) is 3. The van der Waals surface area contributed by atoms with Gasteiger partial charge in [-0.15, -0.1) is 0 Å². The highest BCUT2D eigenvalue weighted by atomic mass is 79.9. The molecular formula is C10H5Br2FN2O2. The van der Waals surface area contributed by atoms with E-state index in [0.29, 0.717) is 4.47 Å². The molecule has 0 radical (unpaired) electrons. The molecule has 0 fully saturated rings. The Kier molecular flexibility index (Phi) is 3.58. The van der Waals surface area contributed by atoms with Crippen LogP contribution < -0.4 is 10.3 Å². The monoisotopic (exact) mass is 362 g/mol. The molecule has 88 valence electrons. The third-order valence-electron chi connectivity index (χ3n) is 1.86. The Labute approximate surface area is 112 Å². The van der Waals surface area contributed by atoms with E-state index in [-0.39, 0.29) is 21.7 Å². The number of halogens is 3. The topological polar surface area (TPSA) is 55.0 Å². The van der Waals surface area contributed by atoms with Crippen LogP contribution >= 0.6 is 31.9 Å². The summed E-state index contributed by atoms with van der Waals surface area (Å²) in [6.07, 6.45) is 1.20. The van der Waals surface area contributed by atoms with Crippen LogP contribution in [-0.4, -0.2) is 9.97 Å². The lowest BCUT2D eigenvalue weighted by molar-refractivity contribution is 0.449. The number of hydrogen-bond donors (Lipinski definition) is 1. The number of nitrogens with one attached hydrogen (secondary N) is 1. The fourth-order valence-corrected chi connectivity index (χ4v) is 1.72. The van der Waals surface area contributed by atoms with E-state index in [1.165, 1.54) is 24.5 Å². The molecule has 7 heteroatoms. The summed E-state index contributed by atoms with van der Waals surface area (Å²) in [7, 11) is 0. The van der Waals surface area contributed by atoms with Gasteiger partial charge in [0.15, 0.2) is 0 Å². The summed E-state index contributed by atoms with van der Waals surface area (Å²) in [4.78, 5) is 17.5. The summed E-state index contributed by atoms with van der Waals surface area (Å²) in [5.41, 5.74) is -0.373. The first-order valence-electron chi connectivity index (χ1n) is 4.44. The number of aromatic amines is 1. The zero-order chi connectivity index (χ0) is 12.4. The first-order valence-corrected chi connectivity index (χ1v) is 6.02.